The summed E-state index contributed by atoms with van der Waals surface area (Å²) in [7, 11) is 0. The zero-order valence-corrected chi connectivity index (χ0v) is 13.0. The maximum Gasteiger partial charge on any atom is 0.228 e. The Hall–Kier alpha value is -1.46. The van der Waals surface area contributed by atoms with Crippen molar-refractivity contribution in [1.82, 2.24) is 15.2 Å². The molecule has 120 valence electrons. The fourth-order valence-corrected chi connectivity index (χ4v) is 3.32. The van der Waals surface area contributed by atoms with Gasteiger partial charge in [-0.1, -0.05) is 6.07 Å². The molecule has 0 aromatic carbocycles. The second-order valence-electron chi connectivity index (χ2n) is 6.35. The second-order valence-corrected chi connectivity index (χ2v) is 6.35. The number of aromatic nitrogens is 1. The summed E-state index contributed by atoms with van der Waals surface area (Å²) >= 11 is 0. The molecule has 1 amide bonds. The molecule has 2 atom stereocenters. The molecular weight excluding hydrogens is 278 g/mol. The standard InChI is InChI=1S/C17H25N3O2/c21-17(16-4-2-8-22-13-16)20(12-15-5-7-19-10-15)11-14-3-1-6-18-9-14/h1,3,6,9,15-16,19H,2,4-5,7-8,10-13H2/t15-,16-/m0/s1. The molecule has 22 heavy (non-hydrogen) atoms. The van der Waals surface area contributed by atoms with E-state index in [4.69, 9.17) is 4.74 Å². The van der Waals surface area contributed by atoms with Crippen LogP contribution in [0.1, 0.15) is 24.8 Å². The SMILES string of the molecule is O=C([C@H]1CCCOC1)N(Cc1cccnc1)C[C@H]1CCNC1. The van der Waals surface area contributed by atoms with Crippen LogP contribution in [0.3, 0.4) is 0 Å². The van der Waals surface area contributed by atoms with E-state index in [-0.39, 0.29) is 11.8 Å². The number of pyridine rings is 1. The van der Waals surface area contributed by atoms with Crippen LogP contribution in [0.5, 0.6) is 0 Å². The maximum absolute atomic E-state index is 12.9. The van der Waals surface area contributed by atoms with Gasteiger partial charge in [-0.3, -0.25) is 9.78 Å². The van der Waals surface area contributed by atoms with Gasteiger partial charge in [-0.05, 0) is 49.9 Å². The van der Waals surface area contributed by atoms with Crippen LogP contribution in [-0.4, -0.2) is 48.6 Å². The lowest BCUT2D eigenvalue weighted by molar-refractivity contribution is -0.141. The Labute approximate surface area is 132 Å². The number of carbonyl (C=O) groups excluding carboxylic acids is 1. The van der Waals surface area contributed by atoms with Crippen molar-refractivity contribution in [2.45, 2.75) is 25.8 Å². The number of carbonyl (C=O) groups is 1. The third kappa shape index (κ3) is 4.05. The van der Waals surface area contributed by atoms with E-state index in [9.17, 15) is 4.79 Å². The molecule has 0 unspecified atom stereocenters. The highest BCUT2D eigenvalue weighted by Crippen LogP contribution is 2.20. The molecule has 3 heterocycles. The summed E-state index contributed by atoms with van der Waals surface area (Å²) in [4.78, 5) is 19.1. The van der Waals surface area contributed by atoms with Crippen LogP contribution in [0.4, 0.5) is 0 Å². The van der Waals surface area contributed by atoms with Gasteiger partial charge < -0.3 is 15.0 Å². The van der Waals surface area contributed by atoms with Gasteiger partial charge in [0.25, 0.3) is 0 Å². The molecule has 1 aromatic rings. The molecule has 2 aliphatic rings. The zero-order valence-electron chi connectivity index (χ0n) is 13.0. The quantitative estimate of drug-likeness (QED) is 0.894. The van der Waals surface area contributed by atoms with Crippen molar-refractivity contribution in [3.8, 4) is 0 Å². The van der Waals surface area contributed by atoms with Crippen LogP contribution in [0.15, 0.2) is 24.5 Å². The van der Waals surface area contributed by atoms with Gasteiger partial charge in [0.1, 0.15) is 0 Å². The van der Waals surface area contributed by atoms with E-state index in [0.717, 1.165) is 51.1 Å². The minimum absolute atomic E-state index is 0.0276. The van der Waals surface area contributed by atoms with Gasteiger partial charge in [0.15, 0.2) is 0 Å². The van der Waals surface area contributed by atoms with Crippen molar-refractivity contribution < 1.29 is 9.53 Å². The average molecular weight is 303 g/mol. The van der Waals surface area contributed by atoms with Crippen molar-refractivity contribution >= 4 is 5.91 Å². The van der Waals surface area contributed by atoms with E-state index in [0.29, 0.717) is 19.1 Å². The predicted molar refractivity (Wildman–Crippen MR) is 84.2 cm³/mol. The summed E-state index contributed by atoms with van der Waals surface area (Å²) in [5.41, 5.74) is 1.10. The molecule has 0 saturated carbocycles. The molecule has 0 spiro atoms. The predicted octanol–water partition coefficient (Wildman–Crippen LogP) is 1.45. The molecule has 5 heteroatoms. The van der Waals surface area contributed by atoms with Crippen LogP contribution >= 0.6 is 0 Å². The topological polar surface area (TPSA) is 54.5 Å². The third-order valence-electron chi connectivity index (χ3n) is 4.56. The maximum atomic E-state index is 12.9. The Bertz CT molecular complexity index is 468. The van der Waals surface area contributed by atoms with E-state index in [1.165, 1.54) is 0 Å². The number of ether oxygens (including phenoxy) is 1. The third-order valence-corrected chi connectivity index (χ3v) is 4.56. The lowest BCUT2D eigenvalue weighted by Gasteiger charge is -2.31. The molecule has 0 bridgehead atoms. The zero-order chi connectivity index (χ0) is 15.2. The normalized spacial score (nSPS) is 25.1. The van der Waals surface area contributed by atoms with E-state index in [1.807, 2.05) is 23.2 Å². The molecule has 1 N–H and O–H groups in total. The van der Waals surface area contributed by atoms with E-state index in [2.05, 4.69) is 10.3 Å². The summed E-state index contributed by atoms with van der Waals surface area (Å²) in [6.45, 7) is 4.92. The highest BCUT2D eigenvalue weighted by atomic mass is 16.5. The van der Waals surface area contributed by atoms with Crippen LogP contribution in [-0.2, 0) is 16.1 Å². The smallest absolute Gasteiger partial charge is 0.228 e. The highest BCUT2D eigenvalue weighted by Gasteiger charge is 2.29. The Balaban J connectivity index is 1.67. The average Bonchev–Trinajstić information content (AvgIpc) is 3.08. The summed E-state index contributed by atoms with van der Waals surface area (Å²) in [6, 6.07) is 3.97. The fraction of sp³-hybridized carbons (Fsp3) is 0.647. The number of rotatable bonds is 5. The first-order chi connectivity index (χ1) is 10.8. The van der Waals surface area contributed by atoms with E-state index >= 15 is 0 Å². The van der Waals surface area contributed by atoms with Crippen LogP contribution in [0, 0.1) is 11.8 Å². The number of nitrogens with one attached hydrogen (secondary N) is 1. The van der Waals surface area contributed by atoms with Crippen LogP contribution in [0.25, 0.3) is 0 Å². The number of nitrogens with zero attached hydrogens (tertiary/aromatic N) is 2. The summed E-state index contributed by atoms with van der Waals surface area (Å²) in [5, 5.41) is 3.39. The van der Waals surface area contributed by atoms with Gasteiger partial charge in [0, 0.05) is 32.1 Å². The molecular formula is C17H25N3O2. The minimum Gasteiger partial charge on any atom is -0.381 e. The lowest BCUT2D eigenvalue weighted by Crippen LogP contribution is -2.42. The summed E-state index contributed by atoms with van der Waals surface area (Å²) in [5.74, 6) is 0.834. The number of hydrogen-bond donors (Lipinski definition) is 1. The van der Waals surface area contributed by atoms with Crippen molar-refractivity contribution in [2.24, 2.45) is 11.8 Å². The minimum atomic E-state index is 0.0276. The Morgan fingerprint density at radius 1 is 1.45 bits per heavy atom. The molecule has 5 nitrogen and oxygen atoms in total. The van der Waals surface area contributed by atoms with Crippen LogP contribution < -0.4 is 5.32 Å². The van der Waals surface area contributed by atoms with E-state index < -0.39 is 0 Å². The van der Waals surface area contributed by atoms with Gasteiger partial charge in [0.05, 0.1) is 12.5 Å². The molecule has 0 aliphatic carbocycles. The van der Waals surface area contributed by atoms with Crippen LogP contribution in [0.2, 0.25) is 0 Å². The molecule has 3 rings (SSSR count). The van der Waals surface area contributed by atoms with Gasteiger partial charge in [-0.2, -0.15) is 0 Å². The Morgan fingerprint density at radius 3 is 3.09 bits per heavy atom. The first-order valence-corrected chi connectivity index (χ1v) is 8.29. The second kappa shape index (κ2) is 7.70. The van der Waals surface area contributed by atoms with E-state index in [1.54, 1.807) is 6.20 Å². The molecule has 1 aromatic heterocycles. The first-order valence-electron chi connectivity index (χ1n) is 8.29. The number of amides is 1. The number of hydrogen-bond acceptors (Lipinski definition) is 4. The summed E-state index contributed by atoms with van der Waals surface area (Å²) < 4.78 is 5.50. The summed E-state index contributed by atoms with van der Waals surface area (Å²) in [6.07, 6.45) is 6.71. The van der Waals surface area contributed by atoms with Crippen molar-refractivity contribution in [1.29, 1.82) is 0 Å². The van der Waals surface area contributed by atoms with Gasteiger partial charge in [-0.15, -0.1) is 0 Å². The van der Waals surface area contributed by atoms with Crippen molar-refractivity contribution in [3.05, 3.63) is 30.1 Å². The largest absolute Gasteiger partial charge is 0.381 e. The van der Waals surface area contributed by atoms with Crippen molar-refractivity contribution in [2.75, 3.05) is 32.8 Å². The monoisotopic (exact) mass is 303 g/mol. The highest BCUT2D eigenvalue weighted by molar-refractivity contribution is 5.79. The Morgan fingerprint density at radius 2 is 2.41 bits per heavy atom. The first kappa shape index (κ1) is 15.4. The van der Waals surface area contributed by atoms with Gasteiger partial charge >= 0.3 is 0 Å². The fourth-order valence-electron chi connectivity index (χ4n) is 3.32. The molecule has 2 fully saturated rings. The van der Waals surface area contributed by atoms with Gasteiger partial charge in [-0.25, -0.2) is 0 Å². The lowest BCUT2D eigenvalue weighted by atomic mass is 9.99. The Kier molecular flexibility index (Phi) is 5.40. The molecule has 2 saturated heterocycles. The van der Waals surface area contributed by atoms with Crippen molar-refractivity contribution in [3.63, 3.8) is 0 Å². The molecule has 0 radical (unpaired) electrons. The molecule has 2 aliphatic heterocycles. The van der Waals surface area contributed by atoms with Gasteiger partial charge in [0.2, 0.25) is 5.91 Å².